The first-order valence-electron chi connectivity index (χ1n) is 9.22. The third kappa shape index (κ3) is 5.51. The number of carbonyl (C=O) groups is 1. The fraction of sp³-hybridized carbons (Fsp3) is 0.222. The van der Waals surface area contributed by atoms with Gasteiger partial charge in [-0.15, -0.1) is 0 Å². The molecule has 0 saturated heterocycles. The zero-order chi connectivity index (χ0) is 24.2. The van der Waals surface area contributed by atoms with E-state index in [2.05, 4.69) is 25.1 Å². The van der Waals surface area contributed by atoms with Crippen LogP contribution in [0.15, 0.2) is 47.6 Å². The van der Waals surface area contributed by atoms with Crippen molar-refractivity contribution in [1.29, 1.82) is 0 Å². The molecule has 0 radical (unpaired) electrons. The summed E-state index contributed by atoms with van der Waals surface area (Å²) in [6.07, 6.45) is 2.18. The lowest BCUT2D eigenvalue weighted by molar-refractivity contribution is -0.385. The Labute approximate surface area is 187 Å². The molecule has 1 atom stereocenters. The lowest BCUT2D eigenvalue weighted by Gasteiger charge is -2.13. The van der Waals surface area contributed by atoms with Crippen molar-refractivity contribution in [2.75, 3.05) is 24.3 Å². The number of sulfonamides is 1. The van der Waals surface area contributed by atoms with Gasteiger partial charge in [-0.2, -0.15) is 15.1 Å². The molecule has 33 heavy (non-hydrogen) atoms. The van der Waals surface area contributed by atoms with E-state index in [9.17, 15) is 23.3 Å². The molecule has 2 aromatic heterocycles. The van der Waals surface area contributed by atoms with Crippen LogP contribution in [0.5, 0.6) is 11.9 Å². The van der Waals surface area contributed by atoms with Crippen molar-refractivity contribution in [3.63, 3.8) is 0 Å². The molecule has 2 heterocycles. The molecule has 3 rings (SSSR count). The highest BCUT2D eigenvalue weighted by molar-refractivity contribution is 7.92. The molecule has 3 aromatic rings. The Balaban J connectivity index is 1.71. The van der Waals surface area contributed by atoms with Crippen molar-refractivity contribution >= 4 is 33.1 Å². The average molecular weight is 477 g/mol. The van der Waals surface area contributed by atoms with E-state index >= 15 is 0 Å². The largest absolute Gasteiger partial charge is 0.481 e. The van der Waals surface area contributed by atoms with Crippen LogP contribution in [0, 0.1) is 10.1 Å². The molecular formula is C18H19N7O7S. The number of nitrogens with zero attached hydrogens (tertiary/aromatic N) is 5. The zero-order valence-corrected chi connectivity index (χ0v) is 18.4. The van der Waals surface area contributed by atoms with Crippen molar-refractivity contribution in [1.82, 2.24) is 19.7 Å². The van der Waals surface area contributed by atoms with Gasteiger partial charge in [0, 0.05) is 11.8 Å². The second-order valence-corrected chi connectivity index (χ2v) is 8.20. The maximum absolute atomic E-state index is 12.7. The van der Waals surface area contributed by atoms with Crippen LogP contribution in [0.25, 0.3) is 0 Å². The first kappa shape index (κ1) is 23.4. The number of aromatic nitrogens is 4. The molecule has 14 nitrogen and oxygen atoms in total. The minimum Gasteiger partial charge on any atom is -0.481 e. The Bertz CT molecular complexity index is 1250. The van der Waals surface area contributed by atoms with E-state index in [1.165, 1.54) is 51.5 Å². The highest BCUT2D eigenvalue weighted by atomic mass is 32.2. The van der Waals surface area contributed by atoms with Gasteiger partial charge in [0.15, 0.2) is 5.82 Å². The quantitative estimate of drug-likeness (QED) is 0.339. The minimum atomic E-state index is -4.02. The van der Waals surface area contributed by atoms with E-state index < -0.39 is 26.9 Å². The Morgan fingerprint density at radius 1 is 1.18 bits per heavy atom. The fourth-order valence-electron chi connectivity index (χ4n) is 2.57. The first-order chi connectivity index (χ1) is 15.6. The lowest BCUT2D eigenvalue weighted by atomic mass is 10.2. The summed E-state index contributed by atoms with van der Waals surface area (Å²) < 4.78 is 38.7. The Morgan fingerprint density at radius 2 is 1.88 bits per heavy atom. The van der Waals surface area contributed by atoms with Gasteiger partial charge in [-0.05, 0) is 31.2 Å². The molecule has 0 fully saturated rings. The van der Waals surface area contributed by atoms with Crippen LogP contribution in [-0.2, 0) is 14.8 Å². The molecule has 174 valence electrons. The van der Waals surface area contributed by atoms with Crippen molar-refractivity contribution in [2.24, 2.45) is 0 Å². The number of anilines is 2. The molecule has 0 aliphatic rings. The summed E-state index contributed by atoms with van der Waals surface area (Å²) in [5.41, 5.74) is 0.0773. The van der Waals surface area contributed by atoms with Crippen LogP contribution in [0.3, 0.4) is 0 Å². The maximum Gasteiger partial charge on any atom is 0.321 e. The molecule has 1 amide bonds. The standard InChI is InChI=1S/C18H19N7O7S/c1-11(24-10-13(9-19-24)25(27)28)17(26)20-12-4-6-14(7-5-12)33(29,30)23-15-8-16(31-2)22-18(21-15)32-3/h4-11H,1-3H3,(H,20,26)(H,21,22,23). The number of benzene rings is 1. The van der Waals surface area contributed by atoms with E-state index in [4.69, 9.17) is 9.47 Å². The monoisotopic (exact) mass is 477 g/mol. The Hall–Kier alpha value is -4.27. The minimum absolute atomic E-state index is 0.0572. The van der Waals surface area contributed by atoms with Crippen LogP contribution in [0.4, 0.5) is 17.2 Å². The van der Waals surface area contributed by atoms with Crippen molar-refractivity contribution < 1.29 is 27.6 Å². The van der Waals surface area contributed by atoms with E-state index in [0.717, 1.165) is 17.1 Å². The number of carbonyl (C=O) groups excluding carboxylic acids is 1. The second kappa shape index (κ2) is 9.47. The Kier molecular flexibility index (Phi) is 6.72. The SMILES string of the molecule is COc1cc(NS(=O)(=O)c2ccc(NC(=O)C(C)n3cc([N+](=O)[O-])cn3)cc2)nc(OC)n1. The predicted molar refractivity (Wildman–Crippen MR) is 115 cm³/mol. The van der Waals surface area contributed by atoms with E-state index in [1.54, 1.807) is 0 Å². The summed E-state index contributed by atoms with van der Waals surface area (Å²) in [6.45, 7) is 1.51. The third-order valence-corrected chi connectivity index (χ3v) is 5.69. The van der Waals surface area contributed by atoms with Gasteiger partial charge in [0.05, 0.1) is 24.0 Å². The van der Waals surface area contributed by atoms with Gasteiger partial charge in [0.25, 0.3) is 10.0 Å². The predicted octanol–water partition coefficient (Wildman–Crippen LogP) is 1.60. The summed E-state index contributed by atoms with van der Waals surface area (Å²) in [5, 5.41) is 17.2. The van der Waals surface area contributed by atoms with Crippen molar-refractivity contribution in [2.45, 2.75) is 17.9 Å². The number of hydrogen-bond acceptors (Lipinski definition) is 10. The van der Waals surface area contributed by atoms with Gasteiger partial charge in [-0.25, -0.2) is 8.42 Å². The number of ether oxygens (including phenoxy) is 2. The summed E-state index contributed by atoms with van der Waals surface area (Å²) in [6, 6.07) is 5.73. The molecule has 0 saturated carbocycles. The van der Waals surface area contributed by atoms with E-state index in [0.29, 0.717) is 5.69 Å². The summed E-state index contributed by atoms with van der Waals surface area (Å²) in [5.74, 6) is -0.450. The fourth-order valence-corrected chi connectivity index (χ4v) is 3.56. The number of amides is 1. The summed E-state index contributed by atoms with van der Waals surface area (Å²) in [4.78, 5) is 30.3. The van der Waals surface area contributed by atoms with E-state index in [1.807, 2.05) is 0 Å². The van der Waals surface area contributed by atoms with E-state index in [-0.39, 0.29) is 28.3 Å². The van der Waals surface area contributed by atoms with Crippen LogP contribution < -0.4 is 19.5 Å². The van der Waals surface area contributed by atoms with Gasteiger partial charge in [-0.3, -0.25) is 24.3 Å². The molecule has 0 aliphatic heterocycles. The highest BCUT2D eigenvalue weighted by Gasteiger charge is 2.20. The topological polar surface area (TPSA) is 180 Å². The number of methoxy groups -OCH3 is 2. The molecule has 1 aromatic carbocycles. The van der Waals surface area contributed by atoms with Crippen LogP contribution in [0.2, 0.25) is 0 Å². The van der Waals surface area contributed by atoms with Gasteiger partial charge in [-0.1, -0.05) is 0 Å². The molecular weight excluding hydrogens is 458 g/mol. The average Bonchev–Trinajstić information content (AvgIpc) is 3.29. The zero-order valence-electron chi connectivity index (χ0n) is 17.6. The van der Waals surface area contributed by atoms with Crippen molar-refractivity contribution in [3.8, 4) is 11.9 Å². The third-order valence-electron chi connectivity index (χ3n) is 4.32. The molecule has 0 aliphatic carbocycles. The van der Waals surface area contributed by atoms with Crippen LogP contribution in [-0.4, -0.2) is 53.2 Å². The van der Waals surface area contributed by atoms with Gasteiger partial charge in [0.2, 0.25) is 11.8 Å². The summed E-state index contributed by atoms with van der Waals surface area (Å²) in [7, 11) is -1.32. The maximum atomic E-state index is 12.7. The lowest BCUT2D eigenvalue weighted by Crippen LogP contribution is -2.24. The number of nitrogens with one attached hydrogen (secondary N) is 2. The van der Waals surface area contributed by atoms with Gasteiger partial charge < -0.3 is 14.8 Å². The number of hydrogen-bond donors (Lipinski definition) is 2. The van der Waals surface area contributed by atoms with Gasteiger partial charge in [0.1, 0.15) is 18.4 Å². The summed E-state index contributed by atoms with van der Waals surface area (Å²) >= 11 is 0. The normalized spacial score (nSPS) is 12.0. The van der Waals surface area contributed by atoms with Gasteiger partial charge >= 0.3 is 11.7 Å². The van der Waals surface area contributed by atoms with Crippen molar-refractivity contribution in [3.05, 3.63) is 52.8 Å². The molecule has 0 spiro atoms. The number of nitro groups is 1. The molecule has 2 N–H and O–H groups in total. The van der Waals surface area contributed by atoms with Crippen LogP contribution >= 0.6 is 0 Å². The molecule has 1 unspecified atom stereocenters. The number of rotatable bonds is 9. The second-order valence-electron chi connectivity index (χ2n) is 6.51. The first-order valence-corrected chi connectivity index (χ1v) is 10.7. The van der Waals surface area contributed by atoms with Crippen LogP contribution in [0.1, 0.15) is 13.0 Å². The molecule has 0 bridgehead atoms. The Morgan fingerprint density at radius 3 is 2.45 bits per heavy atom. The smallest absolute Gasteiger partial charge is 0.321 e. The molecule has 15 heteroatoms. The highest BCUT2D eigenvalue weighted by Crippen LogP contribution is 2.22.